The zero-order valence-electron chi connectivity index (χ0n) is 11.7. The zero-order chi connectivity index (χ0) is 14.2. The molecule has 2 aromatic rings. The summed E-state index contributed by atoms with van der Waals surface area (Å²) in [5.41, 5.74) is 2.16. The number of rotatable bonds is 7. The number of aryl methyl sites for hydroxylation is 1. The van der Waals surface area contributed by atoms with E-state index in [0.29, 0.717) is 6.61 Å². The van der Waals surface area contributed by atoms with Crippen molar-refractivity contribution in [2.45, 2.75) is 19.8 Å². The third kappa shape index (κ3) is 4.92. The van der Waals surface area contributed by atoms with Crippen LogP contribution >= 0.6 is 0 Å². The fourth-order valence-corrected chi connectivity index (χ4v) is 1.92. The lowest BCUT2D eigenvalue weighted by Gasteiger charge is -2.08. The zero-order valence-corrected chi connectivity index (χ0v) is 11.7. The Balaban J connectivity index is 1.59. The minimum atomic E-state index is -0.206. The number of hydrogen-bond donors (Lipinski definition) is 1. The Morgan fingerprint density at radius 3 is 2.60 bits per heavy atom. The van der Waals surface area contributed by atoms with Gasteiger partial charge in [0.25, 0.3) is 0 Å². The van der Waals surface area contributed by atoms with Crippen molar-refractivity contribution >= 4 is 5.69 Å². The highest BCUT2D eigenvalue weighted by Crippen LogP contribution is 2.13. The van der Waals surface area contributed by atoms with E-state index in [1.807, 2.05) is 18.2 Å². The highest BCUT2D eigenvalue weighted by Gasteiger charge is 1.95. The number of benzene rings is 2. The monoisotopic (exact) mass is 273 g/mol. The van der Waals surface area contributed by atoms with Crippen molar-refractivity contribution in [3.8, 4) is 5.75 Å². The standard InChI is InChI=1S/C17H20FNO/c1-14-5-4-6-17(13-14)20-12-3-2-11-19-16-9-7-15(18)8-10-16/h4-10,13,19H,2-3,11-12H2,1H3. The Kier molecular flexibility index (Phi) is 5.42. The van der Waals surface area contributed by atoms with E-state index < -0.39 is 0 Å². The minimum Gasteiger partial charge on any atom is -0.494 e. The lowest BCUT2D eigenvalue weighted by atomic mass is 10.2. The van der Waals surface area contributed by atoms with Crippen LogP contribution < -0.4 is 10.1 Å². The fourth-order valence-electron chi connectivity index (χ4n) is 1.92. The van der Waals surface area contributed by atoms with Gasteiger partial charge in [0, 0.05) is 12.2 Å². The van der Waals surface area contributed by atoms with Crippen LogP contribution in [-0.4, -0.2) is 13.2 Å². The smallest absolute Gasteiger partial charge is 0.123 e. The molecule has 0 radical (unpaired) electrons. The largest absolute Gasteiger partial charge is 0.494 e. The van der Waals surface area contributed by atoms with Crippen LogP contribution in [0.15, 0.2) is 48.5 Å². The maximum atomic E-state index is 12.7. The molecule has 0 saturated carbocycles. The van der Waals surface area contributed by atoms with Gasteiger partial charge in [-0.1, -0.05) is 12.1 Å². The summed E-state index contributed by atoms with van der Waals surface area (Å²) in [6.45, 7) is 3.64. The summed E-state index contributed by atoms with van der Waals surface area (Å²) in [5.74, 6) is 0.721. The van der Waals surface area contributed by atoms with E-state index in [0.717, 1.165) is 30.8 Å². The van der Waals surface area contributed by atoms with Crippen LogP contribution in [0.2, 0.25) is 0 Å². The fraction of sp³-hybridized carbons (Fsp3) is 0.294. The van der Waals surface area contributed by atoms with Gasteiger partial charge in [0.1, 0.15) is 11.6 Å². The number of halogens is 1. The first kappa shape index (κ1) is 14.4. The molecule has 2 aromatic carbocycles. The van der Waals surface area contributed by atoms with Crippen LogP contribution in [-0.2, 0) is 0 Å². The van der Waals surface area contributed by atoms with Crippen molar-refractivity contribution < 1.29 is 9.13 Å². The maximum Gasteiger partial charge on any atom is 0.123 e. The third-order valence-electron chi connectivity index (χ3n) is 3.00. The van der Waals surface area contributed by atoms with Crippen molar-refractivity contribution in [2.24, 2.45) is 0 Å². The van der Waals surface area contributed by atoms with Gasteiger partial charge in [0.15, 0.2) is 0 Å². The molecule has 106 valence electrons. The van der Waals surface area contributed by atoms with E-state index in [9.17, 15) is 4.39 Å². The van der Waals surface area contributed by atoms with E-state index >= 15 is 0 Å². The molecule has 0 amide bonds. The number of anilines is 1. The van der Waals surface area contributed by atoms with E-state index in [1.165, 1.54) is 17.7 Å². The van der Waals surface area contributed by atoms with Crippen LogP contribution in [0.25, 0.3) is 0 Å². The van der Waals surface area contributed by atoms with E-state index in [2.05, 4.69) is 18.3 Å². The highest BCUT2D eigenvalue weighted by molar-refractivity contribution is 5.42. The van der Waals surface area contributed by atoms with Gasteiger partial charge in [-0.3, -0.25) is 0 Å². The molecule has 0 aliphatic heterocycles. The third-order valence-corrected chi connectivity index (χ3v) is 3.00. The highest BCUT2D eigenvalue weighted by atomic mass is 19.1. The average Bonchev–Trinajstić information content (AvgIpc) is 2.45. The van der Waals surface area contributed by atoms with Gasteiger partial charge < -0.3 is 10.1 Å². The van der Waals surface area contributed by atoms with Crippen molar-refractivity contribution in [1.82, 2.24) is 0 Å². The molecule has 2 nitrogen and oxygen atoms in total. The minimum absolute atomic E-state index is 0.206. The number of ether oxygens (including phenoxy) is 1. The average molecular weight is 273 g/mol. The Bertz CT molecular complexity index is 525. The number of nitrogens with one attached hydrogen (secondary N) is 1. The molecular weight excluding hydrogens is 253 g/mol. The SMILES string of the molecule is Cc1cccc(OCCCCNc2ccc(F)cc2)c1. The molecule has 2 rings (SSSR count). The predicted octanol–water partition coefficient (Wildman–Crippen LogP) is 4.41. The molecule has 0 saturated heterocycles. The molecule has 20 heavy (non-hydrogen) atoms. The summed E-state index contributed by atoms with van der Waals surface area (Å²) in [7, 11) is 0. The second-order valence-electron chi connectivity index (χ2n) is 4.81. The van der Waals surface area contributed by atoms with Crippen LogP contribution in [0, 0.1) is 12.7 Å². The Hall–Kier alpha value is -2.03. The number of hydrogen-bond acceptors (Lipinski definition) is 2. The Labute approximate surface area is 119 Å². The molecule has 0 spiro atoms. The quantitative estimate of drug-likeness (QED) is 0.755. The lowest BCUT2D eigenvalue weighted by Crippen LogP contribution is -2.04. The van der Waals surface area contributed by atoms with E-state index in [1.54, 1.807) is 12.1 Å². The molecule has 0 aromatic heterocycles. The first-order valence-electron chi connectivity index (χ1n) is 6.93. The summed E-state index contributed by atoms with van der Waals surface area (Å²) in [6, 6.07) is 14.5. The molecular formula is C17H20FNO. The molecule has 0 bridgehead atoms. The normalized spacial score (nSPS) is 10.3. The number of unbranched alkanes of at least 4 members (excludes halogenated alkanes) is 1. The Morgan fingerprint density at radius 2 is 1.85 bits per heavy atom. The molecule has 0 fully saturated rings. The lowest BCUT2D eigenvalue weighted by molar-refractivity contribution is 0.308. The van der Waals surface area contributed by atoms with Crippen LogP contribution in [0.1, 0.15) is 18.4 Å². The van der Waals surface area contributed by atoms with Gasteiger partial charge in [-0.05, 0) is 61.7 Å². The van der Waals surface area contributed by atoms with Crippen LogP contribution in [0.4, 0.5) is 10.1 Å². The van der Waals surface area contributed by atoms with Gasteiger partial charge in [0.05, 0.1) is 6.61 Å². The molecule has 0 heterocycles. The summed E-state index contributed by atoms with van der Waals surface area (Å²) in [5, 5.41) is 3.26. The predicted molar refractivity (Wildman–Crippen MR) is 80.8 cm³/mol. The van der Waals surface area contributed by atoms with Gasteiger partial charge in [-0.2, -0.15) is 0 Å². The van der Waals surface area contributed by atoms with Crippen molar-refractivity contribution in [1.29, 1.82) is 0 Å². The first-order valence-corrected chi connectivity index (χ1v) is 6.93. The van der Waals surface area contributed by atoms with Crippen molar-refractivity contribution in [3.63, 3.8) is 0 Å². The summed E-state index contributed by atoms with van der Waals surface area (Å²) in [4.78, 5) is 0. The van der Waals surface area contributed by atoms with Crippen LogP contribution in [0.5, 0.6) is 5.75 Å². The molecule has 0 atom stereocenters. The second-order valence-corrected chi connectivity index (χ2v) is 4.81. The Morgan fingerprint density at radius 1 is 1.05 bits per heavy atom. The summed E-state index contributed by atoms with van der Waals surface area (Å²) < 4.78 is 18.4. The van der Waals surface area contributed by atoms with E-state index in [4.69, 9.17) is 4.74 Å². The van der Waals surface area contributed by atoms with Gasteiger partial charge in [-0.25, -0.2) is 4.39 Å². The van der Waals surface area contributed by atoms with Crippen LogP contribution in [0.3, 0.4) is 0 Å². The van der Waals surface area contributed by atoms with Gasteiger partial charge >= 0.3 is 0 Å². The molecule has 3 heteroatoms. The maximum absolute atomic E-state index is 12.7. The van der Waals surface area contributed by atoms with Crippen molar-refractivity contribution in [2.75, 3.05) is 18.5 Å². The van der Waals surface area contributed by atoms with Gasteiger partial charge in [-0.15, -0.1) is 0 Å². The molecule has 0 aliphatic rings. The summed E-state index contributed by atoms with van der Waals surface area (Å²) >= 11 is 0. The molecule has 0 aliphatic carbocycles. The van der Waals surface area contributed by atoms with Crippen molar-refractivity contribution in [3.05, 3.63) is 59.9 Å². The molecule has 1 N–H and O–H groups in total. The van der Waals surface area contributed by atoms with Gasteiger partial charge in [0.2, 0.25) is 0 Å². The first-order chi connectivity index (χ1) is 9.74. The van der Waals surface area contributed by atoms with E-state index in [-0.39, 0.29) is 5.82 Å². The topological polar surface area (TPSA) is 21.3 Å². The second kappa shape index (κ2) is 7.53. The summed E-state index contributed by atoms with van der Waals surface area (Å²) in [6.07, 6.45) is 2.01. The molecule has 0 unspecified atom stereocenters.